The number of halogens is 2. The van der Waals surface area contributed by atoms with Gasteiger partial charge in [-0.3, -0.25) is 10.1 Å². The number of pyridine rings is 1. The van der Waals surface area contributed by atoms with Gasteiger partial charge in [-0.2, -0.15) is 20.1 Å². The molecule has 0 aromatic carbocycles. The van der Waals surface area contributed by atoms with Gasteiger partial charge < -0.3 is 10.6 Å². The summed E-state index contributed by atoms with van der Waals surface area (Å²) in [5.41, 5.74) is 1.17. The number of aromatic amines is 1. The van der Waals surface area contributed by atoms with Crippen molar-refractivity contribution in [3.05, 3.63) is 47.2 Å². The van der Waals surface area contributed by atoms with Crippen molar-refractivity contribution in [2.24, 2.45) is 0 Å². The van der Waals surface area contributed by atoms with E-state index in [-0.39, 0.29) is 11.6 Å². The summed E-state index contributed by atoms with van der Waals surface area (Å²) in [7, 11) is 0. The molecule has 1 unspecified atom stereocenters. The van der Waals surface area contributed by atoms with Gasteiger partial charge in [-0.15, -0.1) is 0 Å². The first kappa shape index (κ1) is 17.3. The molecule has 4 rings (SSSR count). The topological polar surface area (TPSA) is 104 Å². The second kappa shape index (κ2) is 6.86. The van der Waals surface area contributed by atoms with Crippen LogP contribution in [0.5, 0.6) is 0 Å². The Bertz CT molecular complexity index is 969. The average molecular weight is 372 g/mol. The van der Waals surface area contributed by atoms with Gasteiger partial charge in [0.05, 0.1) is 17.9 Å². The van der Waals surface area contributed by atoms with E-state index in [1.807, 2.05) is 6.07 Å². The first-order chi connectivity index (χ1) is 13.0. The minimum absolute atomic E-state index is 0.0744. The Morgan fingerprint density at radius 2 is 1.93 bits per heavy atom. The molecule has 3 heterocycles. The fraction of sp³-hybridized carbons (Fsp3) is 0.353. The van der Waals surface area contributed by atoms with E-state index in [0.717, 1.165) is 18.0 Å². The number of aromatic nitrogens is 6. The van der Waals surface area contributed by atoms with Crippen LogP contribution >= 0.6 is 0 Å². The van der Waals surface area contributed by atoms with Crippen LogP contribution in [-0.2, 0) is 0 Å². The predicted molar refractivity (Wildman–Crippen MR) is 94.6 cm³/mol. The van der Waals surface area contributed by atoms with Crippen molar-refractivity contribution < 1.29 is 8.78 Å². The van der Waals surface area contributed by atoms with Gasteiger partial charge >= 0.3 is 0 Å². The summed E-state index contributed by atoms with van der Waals surface area (Å²) in [6.07, 6.45) is 3.32. The molecule has 0 radical (unpaired) electrons. The zero-order valence-corrected chi connectivity index (χ0v) is 14.8. The Labute approximate surface area is 153 Å². The summed E-state index contributed by atoms with van der Waals surface area (Å²) in [5.74, 6) is 0.767. The van der Waals surface area contributed by atoms with E-state index >= 15 is 0 Å². The Balaban J connectivity index is 1.50. The van der Waals surface area contributed by atoms with Crippen molar-refractivity contribution in [2.75, 3.05) is 10.6 Å². The van der Waals surface area contributed by atoms with Gasteiger partial charge in [0.1, 0.15) is 17.5 Å². The summed E-state index contributed by atoms with van der Waals surface area (Å²) >= 11 is 0. The zero-order valence-electron chi connectivity index (χ0n) is 14.8. The highest BCUT2D eigenvalue weighted by molar-refractivity contribution is 5.50. The van der Waals surface area contributed by atoms with Gasteiger partial charge in [-0.05, 0) is 26.7 Å². The maximum atomic E-state index is 13.9. The number of hydrogen-bond donors (Lipinski definition) is 3. The van der Waals surface area contributed by atoms with Crippen LogP contribution in [-0.4, -0.2) is 30.1 Å². The second-order valence-electron chi connectivity index (χ2n) is 6.52. The van der Waals surface area contributed by atoms with Crippen LogP contribution in [0.3, 0.4) is 0 Å². The number of H-pyrrole nitrogens is 1. The molecule has 0 bridgehead atoms. The van der Waals surface area contributed by atoms with E-state index in [0.29, 0.717) is 23.5 Å². The molecule has 8 nitrogen and oxygen atoms in total. The third-order valence-electron chi connectivity index (χ3n) is 4.19. The number of hydrogen-bond acceptors (Lipinski definition) is 7. The third kappa shape index (κ3) is 3.99. The Morgan fingerprint density at radius 1 is 1.15 bits per heavy atom. The van der Waals surface area contributed by atoms with E-state index in [4.69, 9.17) is 0 Å². The van der Waals surface area contributed by atoms with Crippen molar-refractivity contribution in [1.82, 2.24) is 30.1 Å². The summed E-state index contributed by atoms with van der Waals surface area (Å²) in [6, 6.07) is 2.16. The molecule has 1 fully saturated rings. The predicted octanol–water partition coefficient (Wildman–Crippen LogP) is 3.37. The lowest BCUT2D eigenvalue weighted by atomic mass is 10.2. The molecule has 0 aliphatic heterocycles. The molecule has 0 spiro atoms. The molecule has 1 atom stereocenters. The van der Waals surface area contributed by atoms with Crippen molar-refractivity contribution >= 4 is 17.7 Å². The van der Waals surface area contributed by atoms with Crippen LogP contribution in [0.1, 0.15) is 48.9 Å². The molecule has 0 saturated heterocycles. The molecule has 1 aliphatic rings. The second-order valence-corrected chi connectivity index (χ2v) is 6.52. The monoisotopic (exact) mass is 372 g/mol. The maximum absolute atomic E-state index is 13.9. The molecule has 1 aliphatic carbocycles. The van der Waals surface area contributed by atoms with Crippen LogP contribution in [0.4, 0.5) is 26.5 Å². The molecule has 10 heteroatoms. The molecule has 27 heavy (non-hydrogen) atoms. The summed E-state index contributed by atoms with van der Waals surface area (Å²) < 4.78 is 26.9. The molecule has 3 aromatic rings. The van der Waals surface area contributed by atoms with Crippen molar-refractivity contribution in [3.63, 3.8) is 0 Å². The largest absolute Gasteiger partial charge is 0.346 e. The smallest absolute Gasteiger partial charge is 0.233 e. The van der Waals surface area contributed by atoms with Crippen LogP contribution in [0.25, 0.3) is 0 Å². The van der Waals surface area contributed by atoms with E-state index < -0.39 is 17.7 Å². The number of nitrogens with one attached hydrogen (secondary N) is 3. The van der Waals surface area contributed by atoms with Gasteiger partial charge in [0.25, 0.3) is 0 Å². The van der Waals surface area contributed by atoms with Crippen LogP contribution in [0, 0.1) is 18.6 Å². The molecule has 1 saturated carbocycles. The van der Waals surface area contributed by atoms with E-state index in [1.165, 1.54) is 12.8 Å². The van der Waals surface area contributed by atoms with Crippen LogP contribution in [0.2, 0.25) is 0 Å². The third-order valence-corrected chi connectivity index (χ3v) is 4.19. The van der Waals surface area contributed by atoms with Crippen LogP contribution in [0.15, 0.2) is 18.3 Å². The van der Waals surface area contributed by atoms with Gasteiger partial charge in [0.2, 0.25) is 11.9 Å². The Kier molecular flexibility index (Phi) is 4.38. The molecular weight excluding hydrogens is 354 g/mol. The quantitative estimate of drug-likeness (QED) is 0.609. The number of aryl methyl sites for hydroxylation is 1. The average Bonchev–Trinajstić information content (AvgIpc) is 3.34. The highest BCUT2D eigenvalue weighted by atomic mass is 19.1. The lowest BCUT2D eigenvalue weighted by Gasteiger charge is -2.14. The summed E-state index contributed by atoms with van der Waals surface area (Å²) in [4.78, 5) is 16.5. The van der Waals surface area contributed by atoms with Crippen molar-refractivity contribution in [3.8, 4) is 0 Å². The summed E-state index contributed by atoms with van der Waals surface area (Å²) in [5, 5.41) is 13.2. The highest BCUT2D eigenvalue weighted by Crippen LogP contribution is 2.39. The van der Waals surface area contributed by atoms with Gasteiger partial charge in [0.15, 0.2) is 5.82 Å². The van der Waals surface area contributed by atoms with Gasteiger partial charge in [-0.25, -0.2) is 8.78 Å². The Morgan fingerprint density at radius 3 is 2.67 bits per heavy atom. The van der Waals surface area contributed by atoms with E-state index in [9.17, 15) is 8.78 Å². The first-order valence-corrected chi connectivity index (χ1v) is 8.60. The fourth-order valence-electron chi connectivity index (χ4n) is 2.73. The van der Waals surface area contributed by atoms with Gasteiger partial charge in [0, 0.05) is 23.7 Å². The van der Waals surface area contributed by atoms with Crippen molar-refractivity contribution in [1.29, 1.82) is 0 Å². The van der Waals surface area contributed by atoms with E-state index in [2.05, 4.69) is 40.8 Å². The normalized spacial score (nSPS) is 14.8. The first-order valence-electron chi connectivity index (χ1n) is 8.60. The fourth-order valence-corrected chi connectivity index (χ4v) is 2.73. The number of rotatable bonds is 6. The molecular formula is C17H18F2N8. The maximum Gasteiger partial charge on any atom is 0.233 e. The van der Waals surface area contributed by atoms with E-state index in [1.54, 1.807) is 13.8 Å². The molecule has 3 aromatic heterocycles. The zero-order chi connectivity index (χ0) is 19.0. The minimum Gasteiger partial charge on any atom is -0.346 e. The lowest BCUT2D eigenvalue weighted by molar-refractivity contribution is 0.549. The minimum atomic E-state index is -0.733. The number of anilines is 3. The highest BCUT2D eigenvalue weighted by Gasteiger charge is 2.25. The number of nitrogens with zero attached hydrogens (tertiary/aromatic N) is 5. The molecule has 3 N–H and O–H groups in total. The van der Waals surface area contributed by atoms with Crippen molar-refractivity contribution in [2.45, 2.75) is 38.6 Å². The molecule has 140 valence electrons. The van der Waals surface area contributed by atoms with Gasteiger partial charge in [-0.1, -0.05) is 0 Å². The SMILES string of the molecule is Cc1nc(Nc2cc(C3CC3)[nH]n2)nc(NC(C)c2ncc(F)cc2F)n1. The summed E-state index contributed by atoms with van der Waals surface area (Å²) in [6.45, 7) is 3.41. The van der Waals surface area contributed by atoms with Crippen LogP contribution < -0.4 is 10.6 Å². The Hall–Kier alpha value is -3.17. The lowest BCUT2D eigenvalue weighted by Crippen LogP contribution is -2.14. The molecule has 0 amide bonds. The standard InChI is InChI=1S/C17H18F2N8/c1-8(15-12(19)5-11(18)7-20-15)21-16-22-9(2)23-17(25-16)24-14-6-13(26-27-14)10-3-4-10/h5-8,10H,3-4H2,1-2H3,(H3,21,22,23,24,25,26,27).